The molecular formula is C14H30O6. The number of rotatable bonds is 7. The zero-order valence-electron chi connectivity index (χ0n) is 13.0. The lowest BCUT2D eigenvalue weighted by Gasteiger charge is -2.23. The van der Waals surface area contributed by atoms with Crippen molar-refractivity contribution in [1.29, 1.82) is 0 Å². The Kier molecular flexibility index (Phi) is 10.9. The van der Waals surface area contributed by atoms with Crippen LogP contribution in [0.3, 0.4) is 0 Å². The molecule has 0 aromatic heterocycles. The Labute approximate surface area is 121 Å². The summed E-state index contributed by atoms with van der Waals surface area (Å²) in [6.07, 6.45) is 1.26. The second-order valence-corrected chi connectivity index (χ2v) is 6.60. The van der Waals surface area contributed by atoms with E-state index >= 15 is 0 Å². The minimum Gasteiger partial charge on any atom is -0.481 e. The molecule has 0 aliphatic carbocycles. The van der Waals surface area contributed by atoms with Crippen molar-refractivity contribution >= 4 is 5.97 Å². The molecule has 0 aromatic rings. The first-order valence-electron chi connectivity index (χ1n) is 6.71. The highest BCUT2D eigenvalue weighted by atomic mass is 16.4. The molecular weight excluding hydrogens is 264 g/mol. The molecule has 1 unspecified atom stereocenters. The minimum atomic E-state index is -1.11. The predicted octanol–water partition coefficient (Wildman–Crippen LogP) is 0.475. The Hall–Kier alpha value is -0.690. The van der Waals surface area contributed by atoms with E-state index in [0.29, 0.717) is 0 Å². The number of carbonyl (C=O) groups is 1. The van der Waals surface area contributed by atoms with Gasteiger partial charge in [-0.15, -0.1) is 0 Å². The fourth-order valence-electron chi connectivity index (χ4n) is 1.72. The third kappa shape index (κ3) is 11.2. The second kappa shape index (κ2) is 10.1. The molecule has 20 heavy (non-hydrogen) atoms. The summed E-state index contributed by atoms with van der Waals surface area (Å²) in [5.41, 5.74) is -0.866. The summed E-state index contributed by atoms with van der Waals surface area (Å²) >= 11 is 0. The number of aliphatic hydroxyl groups excluding tert-OH is 4. The minimum absolute atomic E-state index is 0.245. The topological polar surface area (TPSA) is 118 Å². The molecule has 0 heterocycles. The molecule has 6 heteroatoms. The molecule has 0 rings (SSSR count). The van der Waals surface area contributed by atoms with Gasteiger partial charge in [0.15, 0.2) is 0 Å². The zero-order chi connectivity index (χ0) is 16.4. The van der Waals surface area contributed by atoms with E-state index in [1.165, 1.54) is 0 Å². The van der Waals surface area contributed by atoms with Gasteiger partial charge in [0.1, 0.15) is 0 Å². The van der Waals surface area contributed by atoms with Crippen molar-refractivity contribution in [2.45, 2.75) is 40.5 Å². The average Bonchev–Trinajstić information content (AvgIpc) is 2.30. The van der Waals surface area contributed by atoms with Crippen molar-refractivity contribution in [3.63, 3.8) is 0 Å². The highest BCUT2D eigenvalue weighted by Crippen LogP contribution is 2.25. The molecule has 0 bridgehead atoms. The summed E-state index contributed by atoms with van der Waals surface area (Å²) in [7, 11) is 0. The van der Waals surface area contributed by atoms with Crippen LogP contribution in [0.15, 0.2) is 0 Å². The molecule has 0 amide bonds. The van der Waals surface area contributed by atoms with E-state index in [-0.39, 0.29) is 17.8 Å². The van der Waals surface area contributed by atoms with E-state index in [2.05, 4.69) is 20.8 Å². The fraction of sp³-hybridized carbons (Fsp3) is 0.929. The van der Waals surface area contributed by atoms with E-state index in [1.807, 2.05) is 6.92 Å². The van der Waals surface area contributed by atoms with Gasteiger partial charge in [0.25, 0.3) is 0 Å². The van der Waals surface area contributed by atoms with Crippen molar-refractivity contribution < 1.29 is 30.3 Å². The first-order chi connectivity index (χ1) is 9.05. The van der Waals surface area contributed by atoms with E-state index < -0.39 is 37.8 Å². The molecule has 0 aromatic carbocycles. The average molecular weight is 294 g/mol. The van der Waals surface area contributed by atoms with Crippen LogP contribution in [0.4, 0.5) is 0 Å². The molecule has 1 atom stereocenters. The summed E-state index contributed by atoms with van der Waals surface area (Å²) < 4.78 is 0. The third-order valence-electron chi connectivity index (χ3n) is 2.83. The van der Waals surface area contributed by atoms with Gasteiger partial charge in [-0.3, -0.25) is 4.79 Å². The molecule has 0 aliphatic heterocycles. The summed E-state index contributed by atoms with van der Waals surface area (Å²) in [6, 6.07) is 0. The maximum atomic E-state index is 10.3. The quantitative estimate of drug-likeness (QED) is 0.466. The lowest BCUT2D eigenvalue weighted by Crippen LogP contribution is -2.37. The van der Waals surface area contributed by atoms with Crippen LogP contribution in [0.25, 0.3) is 0 Å². The monoisotopic (exact) mass is 294 g/mol. The number of aliphatic hydroxyl groups is 4. The van der Waals surface area contributed by atoms with Gasteiger partial charge in [-0.05, 0) is 17.8 Å². The maximum absolute atomic E-state index is 10.3. The van der Waals surface area contributed by atoms with Crippen LogP contribution in [-0.2, 0) is 4.79 Å². The Balaban J connectivity index is 0. The van der Waals surface area contributed by atoms with Crippen molar-refractivity contribution in [3.8, 4) is 0 Å². The molecule has 0 saturated heterocycles. The van der Waals surface area contributed by atoms with E-state index in [0.717, 1.165) is 6.42 Å². The van der Waals surface area contributed by atoms with Gasteiger partial charge >= 0.3 is 5.97 Å². The van der Waals surface area contributed by atoms with Crippen LogP contribution in [0.1, 0.15) is 40.5 Å². The Morgan fingerprint density at radius 1 is 0.950 bits per heavy atom. The van der Waals surface area contributed by atoms with Gasteiger partial charge in [-0.1, -0.05) is 27.7 Å². The smallest absolute Gasteiger partial charge is 0.303 e. The molecule has 5 N–H and O–H groups in total. The Bertz CT molecular complexity index is 237. The summed E-state index contributed by atoms with van der Waals surface area (Å²) in [5.74, 6) is -0.408. The van der Waals surface area contributed by atoms with Crippen LogP contribution in [0.5, 0.6) is 0 Å². The lowest BCUT2D eigenvalue weighted by molar-refractivity contribution is -0.138. The molecule has 6 nitrogen and oxygen atoms in total. The SMILES string of the molecule is CC(CC(=O)O)CC(C)(C)C.OCC(CO)(CO)CO. The zero-order valence-corrected chi connectivity index (χ0v) is 13.0. The van der Waals surface area contributed by atoms with E-state index in [4.69, 9.17) is 25.5 Å². The molecule has 122 valence electrons. The normalized spacial score (nSPS) is 13.4. The van der Waals surface area contributed by atoms with Gasteiger partial charge < -0.3 is 25.5 Å². The van der Waals surface area contributed by atoms with Crippen LogP contribution in [0.2, 0.25) is 0 Å². The Morgan fingerprint density at radius 3 is 1.45 bits per heavy atom. The van der Waals surface area contributed by atoms with Gasteiger partial charge in [0.2, 0.25) is 0 Å². The van der Waals surface area contributed by atoms with Crippen LogP contribution >= 0.6 is 0 Å². The van der Waals surface area contributed by atoms with Crippen molar-refractivity contribution in [3.05, 3.63) is 0 Å². The van der Waals surface area contributed by atoms with Gasteiger partial charge in [-0.2, -0.15) is 0 Å². The van der Waals surface area contributed by atoms with Crippen molar-refractivity contribution in [2.75, 3.05) is 26.4 Å². The number of hydrogen-bond acceptors (Lipinski definition) is 5. The maximum Gasteiger partial charge on any atom is 0.303 e. The van der Waals surface area contributed by atoms with Crippen LogP contribution < -0.4 is 0 Å². The highest BCUT2D eigenvalue weighted by molar-refractivity contribution is 5.66. The predicted molar refractivity (Wildman–Crippen MR) is 76.3 cm³/mol. The highest BCUT2D eigenvalue weighted by Gasteiger charge is 2.26. The molecule has 0 fully saturated rings. The number of aliphatic carboxylic acids is 1. The summed E-state index contributed by atoms with van der Waals surface area (Å²) in [5, 5.41) is 42.5. The largest absolute Gasteiger partial charge is 0.481 e. The summed E-state index contributed by atoms with van der Waals surface area (Å²) in [4.78, 5) is 10.3. The van der Waals surface area contributed by atoms with E-state index in [1.54, 1.807) is 0 Å². The first-order valence-corrected chi connectivity index (χ1v) is 6.71. The number of hydrogen-bond donors (Lipinski definition) is 5. The summed E-state index contributed by atoms with van der Waals surface area (Å²) in [6.45, 7) is 6.75. The first kappa shape index (κ1) is 21.6. The van der Waals surface area contributed by atoms with E-state index in [9.17, 15) is 4.79 Å². The van der Waals surface area contributed by atoms with Crippen molar-refractivity contribution in [2.24, 2.45) is 16.7 Å². The van der Waals surface area contributed by atoms with Crippen LogP contribution in [-0.4, -0.2) is 57.9 Å². The van der Waals surface area contributed by atoms with Crippen LogP contribution in [0, 0.1) is 16.7 Å². The van der Waals surface area contributed by atoms with Crippen molar-refractivity contribution in [1.82, 2.24) is 0 Å². The number of carboxylic acid groups (broad SMARTS) is 1. The molecule has 0 saturated carbocycles. The van der Waals surface area contributed by atoms with Gasteiger partial charge in [0, 0.05) is 6.42 Å². The Morgan fingerprint density at radius 2 is 1.30 bits per heavy atom. The molecule has 0 spiro atoms. The third-order valence-corrected chi connectivity index (χ3v) is 2.83. The fourth-order valence-corrected chi connectivity index (χ4v) is 1.72. The van der Waals surface area contributed by atoms with Gasteiger partial charge in [0.05, 0.1) is 31.8 Å². The standard InChI is InChI=1S/C9H18O2.C5H12O4/c1-7(5-8(10)11)6-9(2,3)4;6-1-5(2-7,3-8)4-9/h7H,5-6H2,1-4H3,(H,10,11);6-9H,1-4H2. The molecule has 0 aliphatic rings. The second-order valence-electron chi connectivity index (χ2n) is 6.60. The molecule has 0 radical (unpaired) electrons. The number of carboxylic acids is 1. The van der Waals surface area contributed by atoms with Gasteiger partial charge in [-0.25, -0.2) is 0 Å². The lowest BCUT2D eigenvalue weighted by atomic mass is 9.84.